The molecule has 4 rings (SSSR count). The van der Waals surface area contributed by atoms with Crippen molar-refractivity contribution in [3.8, 4) is 5.75 Å². The molecule has 1 heterocycles. The smallest absolute Gasteiger partial charge is 0.245 e. The first kappa shape index (κ1) is 23.7. The van der Waals surface area contributed by atoms with Crippen LogP contribution in [0.1, 0.15) is 27.9 Å². The van der Waals surface area contributed by atoms with Crippen molar-refractivity contribution in [3.05, 3.63) is 89.5 Å². The lowest BCUT2D eigenvalue weighted by Crippen LogP contribution is -2.45. The van der Waals surface area contributed by atoms with E-state index in [2.05, 4.69) is 0 Å². The Morgan fingerprint density at radius 3 is 2.41 bits per heavy atom. The lowest BCUT2D eigenvalue weighted by atomic mass is 10.0. The van der Waals surface area contributed by atoms with Gasteiger partial charge in [-0.05, 0) is 47.9 Å². The Labute approximate surface area is 199 Å². The second-order valence-corrected chi connectivity index (χ2v) is 10.3. The van der Waals surface area contributed by atoms with Gasteiger partial charge < -0.3 is 15.4 Å². The van der Waals surface area contributed by atoms with Gasteiger partial charge in [-0.2, -0.15) is 0 Å². The summed E-state index contributed by atoms with van der Waals surface area (Å²) in [5.41, 5.74) is 8.31. The zero-order valence-electron chi connectivity index (χ0n) is 18.8. The maximum absolute atomic E-state index is 13.1. The summed E-state index contributed by atoms with van der Waals surface area (Å²) in [6.45, 7) is 0.152. The number of rotatable bonds is 7. The van der Waals surface area contributed by atoms with Crippen LogP contribution in [0.2, 0.25) is 0 Å². The standard InChI is InChI=1S/C26H26N2O5S/c1-33-21-11-7-18(8-12-21)9-13-24(29)20-10-14-25-23(15-20)28(16-19-5-3-2-4-6-19)26(30)22(27)17-34(25,31)32/h2-8,10-12,14-15,22H,9,13,16-17,27H2,1H3/t22-/m0/s1. The maximum atomic E-state index is 13.1. The first-order chi connectivity index (χ1) is 16.3. The van der Waals surface area contributed by atoms with E-state index in [4.69, 9.17) is 10.5 Å². The van der Waals surface area contributed by atoms with Crippen molar-refractivity contribution in [2.75, 3.05) is 17.8 Å². The molecule has 0 bridgehead atoms. The van der Waals surface area contributed by atoms with Gasteiger partial charge >= 0.3 is 0 Å². The van der Waals surface area contributed by atoms with E-state index in [0.29, 0.717) is 12.0 Å². The number of nitrogens with zero attached hydrogens (tertiary/aromatic N) is 1. The number of carbonyl (C=O) groups excluding carboxylic acids is 2. The van der Waals surface area contributed by atoms with E-state index in [9.17, 15) is 18.0 Å². The third-order valence-electron chi connectivity index (χ3n) is 5.87. The van der Waals surface area contributed by atoms with Crippen molar-refractivity contribution in [3.63, 3.8) is 0 Å². The number of ketones is 1. The fourth-order valence-corrected chi connectivity index (χ4v) is 5.56. The van der Waals surface area contributed by atoms with Crippen LogP contribution in [-0.4, -0.2) is 39.0 Å². The lowest BCUT2D eigenvalue weighted by molar-refractivity contribution is -0.119. The fourth-order valence-electron chi connectivity index (χ4n) is 4.00. The Balaban J connectivity index is 1.65. The van der Waals surface area contributed by atoms with E-state index < -0.39 is 27.5 Å². The summed E-state index contributed by atoms with van der Waals surface area (Å²) in [7, 11) is -2.21. The van der Waals surface area contributed by atoms with E-state index in [0.717, 1.165) is 16.9 Å². The number of hydrogen-bond donors (Lipinski definition) is 1. The molecule has 0 radical (unpaired) electrons. The number of amides is 1. The number of anilines is 1. The van der Waals surface area contributed by atoms with Gasteiger partial charge in [0.1, 0.15) is 5.75 Å². The largest absolute Gasteiger partial charge is 0.497 e. The lowest BCUT2D eigenvalue weighted by Gasteiger charge is -2.24. The number of sulfone groups is 1. The van der Waals surface area contributed by atoms with Crippen LogP contribution in [0.15, 0.2) is 77.7 Å². The molecular weight excluding hydrogens is 452 g/mol. The maximum Gasteiger partial charge on any atom is 0.245 e. The Bertz CT molecular complexity index is 1300. The van der Waals surface area contributed by atoms with Crippen LogP contribution in [-0.2, 0) is 27.6 Å². The number of hydrogen-bond acceptors (Lipinski definition) is 6. The van der Waals surface area contributed by atoms with E-state index in [-0.39, 0.29) is 29.3 Å². The minimum absolute atomic E-state index is 0.0106. The first-order valence-electron chi connectivity index (χ1n) is 10.9. The van der Waals surface area contributed by atoms with Crippen LogP contribution in [0, 0.1) is 0 Å². The van der Waals surface area contributed by atoms with Crippen LogP contribution in [0.4, 0.5) is 5.69 Å². The summed E-state index contributed by atoms with van der Waals surface area (Å²) >= 11 is 0. The zero-order valence-corrected chi connectivity index (χ0v) is 19.6. The van der Waals surface area contributed by atoms with Crippen molar-refractivity contribution in [1.82, 2.24) is 0 Å². The number of benzene rings is 3. The summed E-state index contributed by atoms with van der Waals surface area (Å²) in [6.07, 6.45) is 0.764. The predicted molar refractivity (Wildman–Crippen MR) is 130 cm³/mol. The molecule has 3 aromatic rings. The molecule has 1 aliphatic rings. The van der Waals surface area contributed by atoms with Gasteiger partial charge in [0.05, 0.1) is 36.0 Å². The van der Waals surface area contributed by atoms with Crippen molar-refractivity contribution >= 4 is 27.2 Å². The molecule has 3 aromatic carbocycles. The van der Waals surface area contributed by atoms with Gasteiger partial charge in [0.15, 0.2) is 15.6 Å². The number of aryl methyl sites for hydroxylation is 1. The molecule has 0 spiro atoms. The molecule has 1 amide bonds. The minimum Gasteiger partial charge on any atom is -0.497 e. The summed E-state index contributed by atoms with van der Waals surface area (Å²) < 4.78 is 31.0. The average molecular weight is 479 g/mol. The normalized spacial score (nSPS) is 17.1. The van der Waals surface area contributed by atoms with Crippen molar-refractivity contribution < 1.29 is 22.7 Å². The highest BCUT2D eigenvalue weighted by molar-refractivity contribution is 7.91. The molecule has 8 heteroatoms. The molecule has 0 saturated carbocycles. The molecule has 176 valence electrons. The Hall–Kier alpha value is -3.49. The summed E-state index contributed by atoms with van der Waals surface area (Å²) in [4.78, 5) is 27.5. The van der Waals surface area contributed by atoms with Gasteiger partial charge in [0.2, 0.25) is 5.91 Å². The first-order valence-corrected chi connectivity index (χ1v) is 12.6. The fraction of sp³-hybridized carbons (Fsp3) is 0.231. The van der Waals surface area contributed by atoms with E-state index in [1.165, 1.54) is 23.1 Å². The molecule has 0 aliphatic carbocycles. The van der Waals surface area contributed by atoms with Gasteiger partial charge in [0.25, 0.3) is 0 Å². The monoisotopic (exact) mass is 478 g/mol. The molecule has 1 atom stereocenters. The molecule has 0 saturated heterocycles. The minimum atomic E-state index is -3.80. The summed E-state index contributed by atoms with van der Waals surface area (Å²) in [6, 6.07) is 20.0. The van der Waals surface area contributed by atoms with Crippen molar-refractivity contribution in [2.45, 2.75) is 30.3 Å². The molecule has 2 N–H and O–H groups in total. The van der Waals surface area contributed by atoms with E-state index in [1.807, 2.05) is 54.6 Å². The van der Waals surface area contributed by atoms with Gasteiger partial charge in [-0.3, -0.25) is 9.59 Å². The third-order valence-corrected chi connectivity index (χ3v) is 7.69. The zero-order chi connectivity index (χ0) is 24.3. The van der Waals surface area contributed by atoms with Crippen LogP contribution >= 0.6 is 0 Å². The van der Waals surface area contributed by atoms with Gasteiger partial charge in [-0.1, -0.05) is 42.5 Å². The van der Waals surface area contributed by atoms with Crippen LogP contribution < -0.4 is 15.4 Å². The Morgan fingerprint density at radius 2 is 1.74 bits per heavy atom. The molecule has 34 heavy (non-hydrogen) atoms. The molecule has 7 nitrogen and oxygen atoms in total. The average Bonchev–Trinajstić information content (AvgIpc) is 2.91. The highest BCUT2D eigenvalue weighted by atomic mass is 32.2. The van der Waals surface area contributed by atoms with Crippen LogP contribution in [0.25, 0.3) is 0 Å². The molecule has 0 aromatic heterocycles. The van der Waals surface area contributed by atoms with E-state index >= 15 is 0 Å². The van der Waals surface area contributed by atoms with E-state index in [1.54, 1.807) is 7.11 Å². The number of ether oxygens (including phenoxy) is 1. The predicted octanol–water partition coefficient (Wildman–Crippen LogP) is 3.16. The van der Waals surface area contributed by atoms with Gasteiger partial charge in [-0.25, -0.2) is 8.42 Å². The molecule has 1 aliphatic heterocycles. The topological polar surface area (TPSA) is 107 Å². The Kier molecular flexibility index (Phi) is 6.81. The third kappa shape index (κ3) is 5.03. The molecule has 0 unspecified atom stereocenters. The quantitative estimate of drug-likeness (QED) is 0.523. The number of nitrogens with two attached hydrogens (primary N) is 1. The van der Waals surface area contributed by atoms with Crippen molar-refractivity contribution in [1.29, 1.82) is 0 Å². The highest BCUT2D eigenvalue weighted by Crippen LogP contribution is 2.33. The van der Waals surface area contributed by atoms with Crippen LogP contribution in [0.3, 0.4) is 0 Å². The summed E-state index contributed by atoms with van der Waals surface area (Å²) in [5, 5.41) is 0. The number of methoxy groups -OCH3 is 1. The molecule has 0 fully saturated rings. The number of fused-ring (bicyclic) bond motifs is 1. The second kappa shape index (κ2) is 9.79. The highest BCUT2D eigenvalue weighted by Gasteiger charge is 2.36. The second-order valence-electron chi connectivity index (χ2n) is 8.25. The SMILES string of the molecule is COc1ccc(CCC(=O)c2ccc3c(c2)N(Cc2ccccc2)C(=O)[C@@H](N)CS3(=O)=O)cc1. The number of carbonyl (C=O) groups is 2. The summed E-state index contributed by atoms with van der Waals surface area (Å²) in [5.74, 6) is -0.372. The van der Waals surface area contributed by atoms with Crippen molar-refractivity contribution in [2.24, 2.45) is 5.73 Å². The Morgan fingerprint density at radius 1 is 1.03 bits per heavy atom. The van der Waals surface area contributed by atoms with Gasteiger partial charge in [-0.15, -0.1) is 0 Å². The molecular formula is C26H26N2O5S. The van der Waals surface area contributed by atoms with Crippen LogP contribution in [0.5, 0.6) is 5.75 Å². The number of Topliss-reactive ketones (excluding diaryl/α,β-unsaturated/α-hetero) is 1. The van der Waals surface area contributed by atoms with Gasteiger partial charge in [0, 0.05) is 12.0 Å².